The maximum absolute atomic E-state index is 13.9. The van der Waals surface area contributed by atoms with Gasteiger partial charge in [0.1, 0.15) is 23.1 Å². The van der Waals surface area contributed by atoms with Gasteiger partial charge < -0.3 is 20.6 Å². The first kappa shape index (κ1) is 22.3. The molecular weight excluding hydrogens is 428 g/mol. The molecule has 1 aromatic heterocycles. The third-order valence-corrected chi connectivity index (χ3v) is 5.40. The molecule has 3 N–H and O–H groups in total. The van der Waals surface area contributed by atoms with Gasteiger partial charge >= 0.3 is 0 Å². The quantitative estimate of drug-likeness (QED) is 0.402. The van der Waals surface area contributed by atoms with E-state index in [0.29, 0.717) is 28.0 Å². The average molecular weight is 449 g/mol. The molecule has 0 radical (unpaired) electrons. The summed E-state index contributed by atoms with van der Waals surface area (Å²) < 4.78 is 38.7. The number of nitrogen functional groups attached to an aromatic ring is 1. The van der Waals surface area contributed by atoms with Gasteiger partial charge in [-0.15, -0.1) is 10.2 Å². The average Bonchev–Trinajstić information content (AvgIpc) is 3.11. The van der Waals surface area contributed by atoms with E-state index in [1.54, 1.807) is 32.2 Å². The minimum absolute atomic E-state index is 0.0256. The molecule has 0 aliphatic carbocycles. The fraction of sp³-hybridized carbons (Fsp3) is 0.250. The summed E-state index contributed by atoms with van der Waals surface area (Å²) in [4.78, 5) is 12.3. The maximum Gasteiger partial charge on any atom is 0.230 e. The normalized spacial score (nSPS) is 11.8. The van der Waals surface area contributed by atoms with Crippen LogP contribution in [0.5, 0.6) is 11.5 Å². The second-order valence-electron chi connectivity index (χ2n) is 6.49. The zero-order chi connectivity index (χ0) is 22.5. The number of carbonyl (C=O) groups is 1. The predicted molar refractivity (Wildman–Crippen MR) is 112 cm³/mol. The van der Waals surface area contributed by atoms with Crippen molar-refractivity contribution >= 4 is 17.7 Å². The molecule has 0 bridgehead atoms. The van der Waals surface area contributed by atoms with Crippen LogP contribution in [0.2, 0.25) is 0 Å². The lowest BCUT2D eigenvalue weighted by Crippen LogP contribution is -2.29. The van der Waals surface area contributed by atoms with Crippen LogP contribution in [-0.2, 0) is 4.79 Å². The number of ether oxygens (including phenoxy) is 2. The SMILES string of the molecule is COc1ccc(-c2nnc(SCC(=O)N[C@@H](C)c3ccc(F)cc3F)n2N)c(OC)c1. The summed E-state index contributed by atoms with van der Waals surface area (Å²) in [6, 6.07) is 7.76. The number of methoxy groups -OCH3 is 2. The van der Waals surface area contributed by atoms with Crippen molar-refractivity contribution in [3.8, 4) is 22.9 Å². The van der Waals surface area contributed by atoms with E-state index in [4.69, 9.17) is 15.3 Å². The van der Waals surface area contributed by atoms with Gasteiger partial charge in [-0.05, 0) is 25.1 Å². The summed E-state index contributed by atoms with van der Waals surface area (Å²) in [5.74, 6) is 5.78. The van der Waals surface area contributed by atoms with Crippen molar-refractivity contribution in [2.45, 2.75) is 18.1 Å². The van der Waals surface area contributed by atoms with Crippen LogP contribution in [0.4, 0.5) is 8.78 Å². The highest BCUT2D eigenvalue weighted by Crippen LogP contribution is 2.33. The molecule has 1 heterocycles. The zero-order valence-electron chi connectivity index (χ0n) is 17.1. The smallest absolute Gasteiger partial charge is 0.230 e. The van der Waals surface area contributed by atoms with Crippen LogP contribution >= 0.6 is 11.8 Å². The van der Waals surface area contributed by atoms with Crippen LogP contribution in [0.15, 0.2) is 41.6 Å². The monoisotopic (exact) mass is 449 g/mol. The molecule has 8 nitrogen and oxygen atoms in total. The minimum atomic E-state index is -0.722. The molecule has 3 aromatic rings. The number of thioether (sulfide) groups is 1. The molecule has 1 atom stereocenters. The lowest BCUT2D eigenvalue weighted by molar-refractivity contribution is -0.119. The number of carbonyl (C=O) groups excluding carboxylic acids is 1. The molecule has 3 rings (SSSR count). The third kappa shape index (κ3) is 5.05. The molecular formula is C20H21F2N5O3S. The Balaban J connectivity index is 1.67. The Kier molecular flexibility index (Phi) is 6.95. The Bertz CT molecular complexity index is 1090. The van der Waals surface area contributed by atoms with E-state index >= 15 is 0 Å². The van der Waals surface area contributed by atoms with E-state index in [-0.39, 0.29) is 17.2 Å². The van der Waals surface area contributed by atoms with Gasteiger partial charge in [0, 0.05) is 17.7 Å². The van der Waals surface area contributed by atoms with Crippen molar-refractivity contribution in [2.24, 2.45) is 0 Å². The van der Waals surface area contributed by atoms with Crippen molar-refractivity contribution in [1.82, 2.24) is 20.2 Å². The molecule has 31 heavy (non-hydrogen) atoms. The third-order valence-electron chi connectivity index (χ3n) is 4.45. The largest absolute Gasteiger partial charge is 0.497 e. The maximum atomic E-state index is 13.9. The number of nitrogens with zero attached hydrogens (tertiary/aromatic N) is 3. The number of halogens is 2. The number of benzene rings is 2. The lowest BCUT2D eigenvalue weighted by atomic mass is 10.1. The minimum Gasteiger partial charge on any atom is -0.497 e. The predicted octanol–water partition coefficient (Wildman–Crippen LogP) is 2.92. The molecule has 11 heteroatoms. The lowest BCUT2D eigenvalue weighted by Gasteiger charge is -2.15. The second kappa shape index (κ2) is 9.65. The van der Waals surface area contributed by atoms with E-state index in [1.165, 1.54) is 17.9 Å². The van der Waals surface area contributed by atoms with Gasteiger partial charge in [0.15, 0.2) is 5.82 Å². The van der Waals surface area contributed by atoms with Gasteiger partial charge in [0.25, 0.3) is 0 Å². The number of amides is 1. The molecule has 1 amide bonds. The van der Waals surface area contributed by atoms with Crippen molar-refractivity contribution in [2.75, 3.05) is 25.8 Å². The van der Waals surface area contributed by atoms with Gasteiger partial charge in [0.2, 0.25) is 11.1 Å². The highest BCUT2D eigenvalue weighted by Gasteiger charge is 2.19. The van der Waals surface area contributed by atoms with Gasteiger partial charge in [-0.25, -0.2) is 13.5 Å². The van der Waals surface area contributed by atoms with Crippen molar-refractivity contribution < 1.29 is 23.0 Å². The molecule has 2 aromatic carbocycles. The Labute approximate surface area is 181 Å². The van der Waals surface area contributed by atoms with E-state index in [2.05, 4.69) is 15.5 Å². The summed E-state index contributed by atoms with van der Waals surface area (Å²) >= 11 is 1.07. The topological polar surface area (TPSA) is 104 Å². The van der Waals surface area contributed by atoms with E-state index in [0.717, 1.165) is 23.9 Å². The highest BCUT2D eigenvalue weighted by atomic mass is 32.2. The number of hydrogen-bond donors (Lipinski definition) is 2. The van der Waals surface area contributed by atoms with E-state index < -0.39 is 17.7 Å². The Morgan fingerprint density at radius 3 is 2.65 bits per heavy atom. The number of nitrogens with one attached hydrogen (secondary N) is 1. The second-order valence-corrected chi connectivity index (χ2v) is 7.43. The van der Waals surface area contributed by atoms with Crippen LogP contribution in [0.25, 0.3) is 11.4 Å². The molecule has 0 unspecified atom stereocenters. The molecule has 0 aliphatic rings. The number of aromatic nitrogens is 3. The van der Waals surface area contributed by atoms with Crippen LogP contribution < -0.4 is 20.6 Å². The van der Waals surface area contributed by atoms with Crippen molar-refractivity contribution in [3.63, 3.8) is 0 Å². The van der Waals surface area contributed by atoms with Crippen molar-refractivity contribution in [3.05, 3.63) is 53.6 Å². The fourth-order valence-electron chi connectivity index (χ4n) is 2.89. The summed E-state index contributed by atoms with van der Waals surface area (Å²) in [5.41, 5.74) is 0.797. The molecule has 0 spiro atoms. The Morgan fingerprint density at radius 1 is 1.19 bits per heavy atom. The molecule has 0 saturated carbocycles. The van der Waals surface area contributed by atoms with Crippen LogP contribution in [0.3, 0.4) is 0 Å². The van der Waals surface area contributed by atoms with Gasteiger partial charge in [-0.2, -0.15) is 0 Å². The van der Waals surface area contributed by atoms with Gasteiger partial charge in [-0.3, -0.25) is 4.79 Å². The van der Waals surface area contributed by atoms with Crippen LogP contribution in [-0.4, -0.2) is 40.8 Å². The van der Waals surface area contributed by atoms with Gasteiger partial charge in [-0.1, -0.05) is 17.8 Å². The Morgan fingerprint density at radius 2 is 1.97 bits per heavy atom. The fourth-order valence-corrected chi connectivity index (χ4v) is 3.55. The van der Waals surface area contributed by atoms with E-state index in [9.17, 15) is 13.6 Å². The van der Waals surface area contributed by atoms with Crippen molar-refractivity contribution in [1.29, 1.82) is 0 Å². The Hall–Kier alpha value is -3.34. The first-order chi connectivity index (χ1) is 14.8. The summed E-state index contributed by atoms with van der Waals surface area (Å²) in [6.07, 6.45) is 0. The number of hydrogen-bond acceptors (Lipinski definition) is 7. The van der Waals surface area contributed by atoms with Gasteiger partial charge in [0.05, 0.1) is 31.6 Å². The zero-order valence-corrected chi connectivity index (χ0v) is 17.9. The molecule has 0 aliphatic heterocycles. The standard InChI is InChI=1S/C20H21F2N5O3S/c1-11(14-6-4-12(21)8-16(14)22)24-18(28)10-31-20-26-25-19(27(20)23)15-7-5-13(29-2)9-17(15)30-3/h4-9,11H,10,23H2,1-3H3,(H,24,28)/t11-/m0/s1. The van der Waals surface area contributed by atoms with Crippen LogP contribution in [0, 0.1) is 11.6 Å². The molecule has 0 fully saturated rings. The summed E-state index contributed by atoms with van der Waals surface area (Å²) in [7, 11) is 3.06. The number of rotatable bonds is 8. The molecule has 0 saturated heterocycles. The first-order valence-electron chi connectivity index (χ1n) is 9.14. The summed E-state index contributed by atoms with van der Waals surface area (Å²) in [5, 5.41) is 11.1. The highest BCUT2D eigenvalue weighted by molar-refractivity contribution is 7.99. The number of nitrogens with two attached hydrogens (primary N) is 1. The molecule has 164 valence electrons. The van der Waals surface area contributed by atoms with E-state index in [1.807, 2.05) is 0 Å². The first-order valence-corrected chi connectivity index (χ1v) is 10.1. The summed E-state index contributed by atoms with van der Waals surface area (Å²) in [6.45, 7) is 1.61. The van der Waals surface area contributed by atoms with Crippen LogP contribution in [0.1, 0.15) is 18.5 Å².